The number of hydrogen-bond acceptors (Lipinski definition) is 7. The summed E-state index contributed by atoms with van der Waals surface area (Å²) in [6.07, 6.45) is 1.68. The number of hydrogen-bond donors (Lipinski definition) is 1. The number of thiazole rings is 1. The fourth-order valence-corrected chi connectivity index (χ4v) is 3.95. The van der Waals surface area contributed by atoms with E-state index in [1.807, 2.05) is 16.9 Å². The van der Waals surface area contributed by atoms with Gasteiger partial charge in [-0.3, -0.25) is 9.36 Å². The number of nitrogen functional groups attached to an aromatic ring is 1. The lowest BCUT2D eigenvalue weighted by atomic mass is 10.1. The molecule has 146 valence electrons. The Bertz CT molecular complexity index is 1080. The molecular weight excluding hydrogens is 447 g/mol. The molecule has 0 aliphatic carbocycles. The zero-order valence-corrected chi connectivity index (χ0v) is 17.7. The van der Waals surface area contributed by atoms with Crippen molar-refractivity contribution < 1.29 is 14.3 Å². The number of rotatable bonds is 5. The number of carbonyl (C=O) groups excluding carboxylic acids is 2. The maximum atomic E-state index is 12.6. The van der Waals surface area contributed by atoms with Crippen LogP contribution in [-0.4, -0.2) is 32.9 Å². The van der Waals surface area contributed by atoms with E-state index in [0.29, 0.717) is 11.3 Å². The quantitative estimate of drug-likeness (QED) is 0.342. The predicted molar refractivity (Wildman–Crippen MR) is 109 cm³/mol. The lowest BCUT2D eigenvalue weighted by molar-refractivity contribution is 0.0469. The minimum absolute atomic E-state index is 0.0612. The monoisotopic (exact) mass is 458 g/mol. The molecule has 11 heteroatoms. The molecule has 0 amide bonds. The first kappa shape index (κ1) is 20.6. The minimum atomic E-state index is -0.933. The summed E-state index contributed by atoms with van der Waals surface area (Å²) in [4.78, 5) is 32.9. The molecule has 0 spiro atoms. The van der Waals surface area contributed by atoms with Crippen molar-refractivity contribution in [3.63, 3.8) is 0 Å². The smallest absolute Gasteiger partial charge is 0.359 e. The number of carbonyl (C=O) groups is 2. The third kappa shape index (κ3) is 3.73. The summed E-state index contributed by atoms with van der Waals surface area (Å²) in [7, 11) is 0. The number of pyridine rings is 1. The molecule has 0 saturated heterocycles. The first-order chi connectivity index (χ1) is 13.2. The second-order valence-electron chi connectivity index (χ2n) is 5.73. The molecule has 0 fully saturated rings. The number of ketones is 1. The summed E-state index contributed by atoms with van der Waals surface area (Å²) < 4.78 is 6.91. The van der Waals surface area contributed by atoms with Gasteiger partial charge in [0.15, 0.2) is 22.6 Å². The van der Waals surface area contributed by atoms with Crippen molar-refractivity contribution in [1.82, 2.24) is 14.5 Å². The molecule has 0 radical (unpaired) electrons. The number of aryl methyl sites for hydroxylation is 1. The van der Waals surface area contributed by atoms with Crippen LogP contribution in [0.1, 0.15) is 32.2 Å². The van der Waals surface area contributed by atoms with Gasteiger partial charge in [-0.05, 0) is 19.9 Å². The molecule has 0 aliphatic rings. The average molecular weight is 460 g/mol. The molecule has 2 N–H and O–H groups in total. The van der Waals surface area contributed by atoms with Gasteiger partial charge in [-0.25, -0.2) is 14.8 Å². The molecule has 7 nitrogen and oxygen atoms in total. The van der Waals surface area contributed by atoms with E-state index in [1.54, 1.807) is 19.2 Å². The highest BCUT2D eigenvalue weighted by Gasteiger charge is 2.23. The Kier molecular flexibility index (Phi) is 5.95. The van der Waals surface area contributed by atoms with Crippen LogP contribution in [0.3, 0.4) is 0 Å². The SMILES string of the molecule is Cc1cc(C(=O)COC(=O)c2nc(Cl)c(Cl)c(N)c2Cl)c(C)n1-c1nccs1. The zero-order chi connectivity index (χ0) is 20.6. The molecule has 3 aromatic heterocycles. The average Bonchev–Trinajstić information content (AvgIpc) is 3.28. The largest absolute Gasteiger partial charge is 0.453 e. The zero-order valence-electron chi connectivity index (χ0n) is 14.6. The molecule has 0 saturated carbocycles. The van der Waals surface area contributed by atoms with Crippen LogP contribution >= 0.6 is 46.1 Å². The van der Waals surface area contributed by atoms with Gasteiger partial charge in [0, 0.05) is 28.5 Å². The van der Waals surface area contributed by atoms with Crippen molar-refractivity contribution in [2.75, 3.05) is 12.3 Å². The summed E-state index contributed by atoms with van der Waals surface area (Å²) >= 11 is 19.1. The fourth-order valence-electron chi connectivity index (χ4n) is 2.61. The topological polar surface area (TPSA) is 100 Å². The number of Topliss-reactive ketones (excluding diaryl/α,β-unsaturated/α-hetero) is 1. The molecule has 0 unspecified atom stereocenters. The van der Waals surface area contributed by atoms with Crippen LogP contribution < -0.4 is 5.73 Å². The van der Waals surface area contributed by atoms with Gasteiger partial charge in [-0.2, -0.15) is 0 Å². The third-order valence-electron chi connectivity index (χ3n) is 3.94. The molecule has 3 heterocycles. The van der Waals surface area contributed by atoms with E-state index in [0.717, 1.165) is 10.8 Å². The summed E-state index contributed by atoms with van der Waals surface area (Å²) in [5, 5.41) is 2.15. The maximum absolute atomic E-state index is 12.6. The van der Waals surface area contributed by atoms with Crippen LogP contribution in [-0.2, 0) is 4.74 Å². The highest BCUT2D eigenvalue weighted by molar-refractivity contribution is 7.12. The van der Waals surface area contributed by atoms with E-state index < -0.39 is 12.6 Å². The van der Waals surface area contributed by atoms with Crippen molar-refractivity contribution in [1.29, 1.82) is 0 Å². The number of anilines is 1. The van der Waals surface area contributed by atoms with E-state index in [4.69, 9.17) is 45.3 Å². The maximum Gasteiger partial charge on any atom is 0.359 e. The van der Waals surface area contributed by atoms with Gasteiger partial charge in [0.2, 0.25) is 5.78 Å². The van der Waals surface area contributed by atoms with Crippen LogP contribution in [0.15, 0.2) is 17.6 Å². The molecular formula is C17H13Cl3N4O3S. The van der Waals surface area contributed by atoms with Crippen molar-refractivity contribution in [3.8, 4) is 5.13 Å². The summed E-state index contributed by atoms with van der Waals surface area (Å²) in [5.41, 5.74) is 7.24. The van der Waals surface area contributed by atoms with Crippen molar-refractivity contribution in [2.45, 2.75) is 13.8 Å². The Morgan fingerprint density at radius 3 is 2.61 bits per heavy atom. The van der Waals surface area contributed by atoms with Gasteiger partial charge < -0.3 is 10.5 Å². The Hall–Kier alpha value is -2.13. The predicted octanol–water partition coefficient (Wildman–Crippen LogP) is 4.53. The summed E-state index contributed by atoms with van der Waals surface area (Å²) in [6, 6.07) is 1.72. The number of aromatic nitrogens is 3. The van der Waals surface area contributed by atoms with Crippen LogP contribution in [0.25, 0.3) is 5.13 Å². The minimum Gasteiger partial charge on any atom is -0.453 e. The molecule has 0 atom stereocenters. The number of nitrogens with zero attached hydrogens (tertiary/aromatic N) is 3. The van der Waals surface area contributed by atoms with Gasteiger partial charge >= 0.3 is 5.97 Å². The van der Waals surface area contributed by atoms with Crippen LogP contribution in [0.4, 0.5) is 5.69 Å². The molecule has 0 aromatic carbocycles. The Labute approximate surface area is 179 Å². The number of halogens is 3. The third-order valence-corrected chi connectivity index (χ3v) is 5.83. The summed E-state index contributed by atoms with van der Waals surface area (Å²) in [5.74, 6) is -1.31. The normalized spacial score (nSPS) is 10.9. The highest BCUT2D eigenvalue weighted by Crippen LogP contribution is 2.34. The van der Waals surface area contributed by atoms with Crippen LogP contribution in [0, 0.1) is 13.8 Å². The lowest BCUT2D eigenvalue weighted by Gasteiger charge is -2.09. The molecule has 28 heavy (non-hydrogen) atoms. The van der Waals surface area contributed by atoms with Crippen LogP contribution in [0.5, 0.6) is 0 Å². The van der Waals surface area contributed by atoms with Gasteiger partial charge in [-0.15, -0.1) is 11.3 Å². The Morgan fingerprint density at radius 2 is 1.96 bits per heavy atom. The van der Waals surface area contributed by atoms with E-state index in [2.05, 4.69) is 9.97 Å². The number of nitrogens with two attached hydrogens (primary N) is 1. The second-order valence-corrected chi connectivity index (χ2v) is 7.71. The summed E-state index contributed by atoms with van der Waals surface area (Å²) in [6.45, 7) is 3.15. The Morgan fingerprint density at radius 1 is 1.25 bits per heavy atom. The van der Waals surface area contributed by atoms with Gasteiger partial charge in [-0.1, -0.05) is 34.8 Å². The van der Waals surface area contributed by atoms with E-state index >= 15 is 0 Å². The number of esters is 1. The first-order valence-corrected chi connectivity index (χ1v) is 9.82. The second kappa shape index (κ2) is 8.08. The van der Waals surface area contributed by atoms with Gasteiger partial charge in [0.05, 0.1) is 10.7 Å². The fraction of sp³-hybridized carbons (Fsp3) is 0.176. The standard InChI is InChI=1S/C17H13Cl3N4O3S/c1-7-5-9(8(2)24(7)17-22-3-4-28-17)10(25)6-27-16(26)14-11(18)13(21)12(19)15(20)23-14/h3-5H,6H2,1-2H3,(H2,21,23). The number of ether oxygens (including phenoxy) is 1. The van der Waals surface area contributed by atoms with Crippen LogP contribution in [0.2, 0.25) is 15.2 Å². The van der Waals surface area contributed by atoms with Crippen molar-refractivity contribution in [3.05, 3.63) is 55.5 Å². The lowest BCUT2D eigenvalue weighted by Crippen LogP contribution is -2.17. The Balaban J connectivity index is 1.79. The van der Waals surface area contributed by atoms with Gasteiger partial charge in [0.25, 0.3) is 0 Å². The molecule has 0 bridgehead atoms. The van der Waals surface area contributed by atoms with Crippen molar-refractivity contribution in [2.24, 2.45) is 0 Å². The van der Waals surface area contributed by atoms with E-state index in [1.165, 1.54) is 11.3 Å². The molecule has 3 rings (SSSR count). The van der Waals surface area contributed by atoms with Crippen molar-refractivity contribution >= 4 is 63.6 Å². The highest BCUT2D eigenvalue weighted by atomic mass is 35.5. The molecule has 3 aromatic rings. The van der Waals surface area contributed by atoms with E-state index in [-0.39, 0.29) is 32.4 Å². The van der Waals surface area contributed by atoms with E-state index in [9.17, 15) is 9.59 Å². The van der Waals surface area contributed by atoms with Gasteiger partial charge in [0.1, 0.15) is 5.02 Å². The first-order valence-electron chi connectivity index (χ1n) is 7.81. The molecule has 0 aliphatic heterocycles.